The van der Waals surface area contributed by atoms with Gasteiger partial charge in [0.25, 0.3) is 0 Å². The van der Waals surface area contributed by atoms with Gasteiger partial charge in [0.15, 0.2) is 0 Å². The van der Waals surface area contributed by atoms with Crippen molar-refractivity contribution < 1.29 is 10.2 Å². The highest BCUT2D eigenvalue weighted by atomic mass is 16.3. The van der Waals surface area contributed by atoms with E-state index in [0.717, 1.165) is 25.9 Å². The molecule has 0 spiro atoms. The summed E-state index contributed by atoms with van der Waals surface area (Å²) in [5, 5.41) is 21.9. The normalized spacial score (nSPS) is 49.6. The van der Waals surface area contributed by atoms with Crippen molar-refractivity contribution in [1.82, 2.24) is 5.32 Å². The van der Waals surface area contributed by atoms with E-state index in [1.54, 1.807) is 0 Å². The Morgan fingerprint density at radius 1 is 1.45 bits per heavy atom. The molecule has 2 bridgehead atoms. The lowest BCUT2D eigenvalue weighted by Gasteiger charge is -2.31. The summed E-state index contributed by atoms with van der Waals surface area (Å²) in [6.07, 6.45) is 1.59. The molecule has 1 aliphatic heterocycles. The molecule has 3 heteroatoms. The number of hydrogen-bond donors (Lipinski definition) is 3. The maximum atomic E-state index is 9.54. The first-order valence-electron chi connectivity index (χ1n) is 4.25. The van der Waals surface area contributed by atoms with Gasteiger partial charge in [-0.3, -0.25) is 0 Å². The van der Waals surface area contributed by atoms with E-state index in [1.807, 2.05) is 0 Å². The van der Waals surface area contributed by atoms with Crippen LogP contribution in [0.25, 0.3) is 0 Å². The first kappa shape index (κ1) is 7.53. The van der Waals surface area contributed by atoms with Crippen LogP contribution in [0.15, 0.2) is 0 Å². The van der Waals surface area contributed by atoms with E-state index in [1.165, 1.54) is 0 Å². The van der Waals surface area contributed by atoms with Crippen LogP contribution in [0.4, 0.5) is 0 Å². The van der Waals surface area contributed by atoms with Crippen molar-refractivity contribution >= 4 is 0 Å². The van der Waals surface area contributed by atoms with Gasteiger partial charge in [-0.15, -0.1) is 0 Å². The van der Waals surface area contributed by atoms with Crippen molar-refractivity contribution in [3.63, 3.8) is 0 Å². The second-order valence-corrected chi connectivity index (χ2v) is 4.02. The quantitative estimate of drug-likeness (QED) is 0.473. The van der Waals surface area contributed by atoms with Gasteiger partial charge in [-0.2, -0.15) is 0 Å². The van der Waals surface area contributed by atoms with E-state index < -0.39 is 0 Å². The Morgan fingerprint density at radius 2 is 2.27 bits per heavy atom. The van der Waals surface area contributed by atoms with Crippen LogP contribution in [0, 0.1) is 11.3 Å². The van der Waals surface area contributed by atoms with Crippen LogP contribution in [0.1, 0.15) is 12.8 Å². The van der Waals surface area contributed by atoms with Crippen LogP contribution in [0.5, 0.6) is 0 Å². The van der Waals surface area contributed by atoms with Crippen molar-refractivity contribution in [2.24, 2.45) is 11.3 Å². The molecule has 11 heavy (non-hydrogen) atoms. The van der Waals surface area contributed by atoms with Crippen LogP contribution in [-0.2, 0) is 0 Å². The number of piperidine rings is 1. The minimum atomic E-state index is -0.183. The summed E-state index contributed by atoms with van der Waals surface area (Å²) in [5.41, 5.74) is 0.00231. The molecular formula is C8H15NO2. The van der Waals surface area contributed by atoms with Crippen LogP contribution >= 0.6 is 0 Å². The van der Waals surface area contributed by atoms with Crippen molar-refractivity contribution in [3.8, 4) is 0 Å². The van der Waals surface area contributed by atoms with E-state index in [4.69, 9.17) is 5.11 Å². The van der Waals surface area contributed by atoms with Gasteiger partial charge in [0.2, 0.25) is 0 Å². The summed E-state index contributed by atoms with van der Waals surface area (Å²) >= 11 is 0. The molecule has 0 radical (unpaired) electrons. The Labute approximate surface area is 66.4 Å². The fourth-order valence-corrected chi connectivity index (χ4v) is 2.45. The van der Waals surface area contributed by atoms with Gasteiger partial charge >= 0.3 is 0 Å². The maximum Gasteiger partial charge on any atom is 0.0587 e. The summed E-state index contributed by atoms with van der Waals surface area (Å²) in [4.78, 5) is 0. The molecule has 2 fully saturated rings. The molecule has 1 saturated carbocycles. The van der Waals surface area contributed by atoms with Crippen LogP contribution in [0.2, 0.25) is 0 Å². The third-order valence-electron chi connectivity index (χ3n) is 3.12. The zero-order valence-electron chi connectivity index (χ0n) is 6.58. The molecule has 0 aromatic heterocycles. The van der Waals surface area contributed by atoms with Gasteiger partial charge in [-0.1, -0.05) is 0 Å². The van der Waals surface area contributed by atoms with E-state index in [-0.39, 0.29) is 18.1 Å². The van der Waals surface area contributed by atoms with Gasteiger partial charge in [0.05, 0.1) is 12.7 Å². The van der Waals surface area contributed by atoms with Crippen molar-refractivity contribution in [2.45, 2.75) is 18.9 Å². The largest absolute Gasteiger partial charge is 0.396 e. The second-order valence-electron chi connectivity index (χ2n) is 4.02. The highest BCUT2D eigenvalue weighted by molar-refractivity contribution is 4.99. The van der Waals surface area contributed by atoms with Crippen LogP contribution in [-0.4, -0.2) is 36.0 Å². The number of aliphatic hydroxyl groups is 2. The highest BCUT2D eigenvalue weighted by Gasteiger charge is 2.46. The molecule has 3 nitrogen and oxygen atoms in total. The van der Waals surface area contributed by atoms with E-state index in [0.29, 0.717) is 5.92 Å². The first-order chi connectivity index (χ1) is 5.26. The predicted octanol–water partition coefficient (Wildman–Crippen LogP) is -0.661. The highest BCUT2D eigenvalue weighted by Crippen LogP contribution is 2.43. The number of rotatable bonds is 1. The fourth-order valence-electron chi connectivity index (χ4n) is 2.45. The van der Waals surface area contributed by atoms with E-state index in [9.17, 15) is 5.11 Å². The average Bonchev–Trinajstić information content (AvgIpc) is 2.25. The lowest BCUT2D eigenvalue weighted by Crippen LogP contribution is -2.41. The molecule has 2 aliphatic rings. The standard InChI is InChI=1S/C8H15NO2/c10-5-8-1-6(3-9-4-8)7(11)2-8/h6-7,9-11H,1-5H2. The van der Waals surface area contributed by atoms with Crippen molar-refractivity contribution in [2.75, 3.05) is 19.7 Å². The van der Waals surface area contributed by atoms with Gasteiger partial charge < -0.3 is 15.5 Å². The Bertz CT molecular complexity index is 158. The molecule has 64 valence electrons. The molecule has 1 saturated heterocycles. The van der Waals surface area contributed by atoms with Crippen LogP contribution in [0.3, 0.4) is 0 Å². The number of nitrogens with one attached hydrogen (secondary N) is 1. The Balaban J connectivity index is 2.14. The van der Waals surface area contributed by atoms with Gasteiger partial charge in [-0.05, 0) is 18.8 Å². The molecular weight excluding hydrogens is 142 g/mol. The zero-order chi connectivity index (χ0) is 7.90. The number of fused-ring (bicyclic) bond motifs is 2. The zero-order valence-corrected chi connectivity index (χ0v) is 6.58. The average molecular weight is 157 g/mol. The molecule has 3 unspecified atom stereocenters. The van der Waals surface area contributed by atoms with Gasteiger partial charge in [-0.25, -0.2) is 0 Å². The Morgan fingerprint density at radius 3 is 2.91 bits per heavy atom. The third-order valence-corrected chi connectivity index (χ3v) is 3.12. The van der Waals surface area contributed by atoms with E-state index >= 15 is 0 Å². The summed E-state index contributed by atoms with van der Waals surface area (Å²) in [6.45, 7) is 2.01. The monoisotopic (exact) mass is 157 g/mol. The summed E-state index contributed by atoms with van der Waals surface area (Å²) < 4.78 is 0. The molecule has 0 amide bonds. The predicted molar refractivity (Wildman–Crippen MR) is 41.1 cm³/mol. The topological polar surface area (TPSA) is 52.5 Å². The fraction of sp³-hybridized carbons (Fsp3) is 1.00. The maximum absolute atomic E-state index is 9.54. The van der Waals surface area contributed by atoms with Crippen LogP contribution < -0.4 is 5.32 Å². The van der Waals surface area contributed by atoms with Gasteiger partial charge in [0.1, 0.15) is 0 Å². The third kappa shape index (κ3) is 1.08. The minimum Gasteiger partial charge on any atom is -0.396 e. The minimum absolute atomic E-state index is 0.00231. The molecule has 3 N–H and O–H groups in total. The molecule has 1 heterocycles. The molecule has 3 atom stereocenters. The molecule has 1 aliphatic carbocycles. The lowest BCUT2D eigenvalue weighted by atomic mass is 9.84. The Hall–Kier alpha value is -0.120. The summed E-state index contributed by atoms with van der Waals surface area (Å²) in [6, 6.07) is 0. The second kappa shape index (κ2) is 2.44. The smallest absolute Gasteiger partial charge is 0.0587 e. The Kier molecular flexibility index (Phi) is 1.67. The molecule has 0 aromatic carbocycles. The molecule has 0 aromatic rings. The van der Waals surface area contributed by atoms with Gasteiger partial charge in [0, 0.05) is 18.5 Å². The first-order valence-corrected chi connectivity index (χ1v) is 4.25. The SMILES string of the molecule is OCC12CNCC(C1)C(O)C2. The summed E-state index contributed by atoms with van der Waals surface area (Å²) in [7, 11) is 0. The number of hydrogen-bond acceptors (Lipinski definition) is 3. The van der Waals surface area contributed by atoms with Crippen molar-refractivity contribution in [1.29, 1.82) is 0 Å². The van der Waals surface area contributed by atoms with Crippen molar-refractivity contribution in [3.05, 3.63) is 0 Å². The lowest BCUT2D eigenvalue weighted by molar-refractivity contribution is 0.105. The summed E-state index contributed by atoms with van der Waals surface area (Å²) in [5.74, 6) is 0.385. The molecule has 2 rings (SSSR count). The van der Waals surface area contributed by atoms with E-state index in [2.05, 4.69) is 5.32 Å². The number of aliphatic hydroxyl groups excluding tert-OH is 2.